The Morgan fingerprint density at radius 1 is 1.26 bits per heavy atom. The molecule has 0 aliphatic rings. The molecule has 0 bridgehead atoms. The summed E-state index contributed by atoms with van der Waals surface area (Å²) in [5.41, 5.74) is 2.06. The molecule has 4 nitrogen and oxygen atoms in total. The fraction of sp³-hybridized carbons (Fsp3) is 0.143. The van der Waals surface area contributed by atoms with Gasteiger partial charge in [0.25, 0.3) is 5.91 Å². The highest BCUT2D eigenvalue weighted by Gasteiger charge is 2.08. The van der Waals surface area contributed by atoms with Crippen molar-refractivity contribution in [2.75, 3.05) is 17.2 Å². The van der Waals surface area contributed by atoms with Crippen LogP contribution in [0.2, 0.25) is 0 Å². The van der Waals surface area contributed by atoms with Gasteiger partial charge in [-0.15, -0.1) is 0 Å². The number of nitrogens with one attached hydrogen (secondary N) is 2. The maximum absolute atomic E-state index is 12.1. The minimum Gasteiger partial charge on any atom is -0.385 e. The average Bonchev–Trinajstić information content (AvgIpc) is 2.39. The van der Waals surface area contributed by atoms with Crippen LogP contribution >= 0.6 is 22.6 Å². The maximum atomic E-state index is 12.1. The molecule has 0 saturated heterocycles. The molecule has 1 aromatic carbocycles. The van der Waals surface area contributed by atoms with Crippen LogP contribution in [-0.2, 0) is 0 Å². The first kappa shape index (κ1) is 13.8. The predicted octanol–water partition coefficient (Wildman–Crippen LogP) is 3.37. The number of hydrogen-bond donors (Lipinski definition) is 2. The number of halogens is 1. The van der Waals surface area contributed by atoms with Crippen LogP contribution in [0, 0.1) is 3.57 Å². The van der Waals surface area contributed by atoms with Crippen LogP contribution in [0.3, 0.4) is 0 Å². The van der Waals surface area contributed by atoms with E-state index >= 15 is 0 Å². The molecule has 98 valence electrons. The van der Waals surface area contributed by atoms with Gasteiger partial charge in [0.15, 0.2) is 0 Å². The van der Waals surface area contributed by atoms with Crippen LogP contribution in [0.15, 0.2) is 42.6 Å². The number of hydrogen-bond acceptors (Lipinski definition) is 3. The Kier molecular flexibility index (Phi) is 4.73. The molecule has 0 aliphatic carbocycles. The van der Waals surface area contributed by atoms with Gasteiger partial charge in [-0.1, -0.05) is 6.07 Å². The summed E-state index contributed by atoms with van der Waals surface area (Å²) in [5, 5.41) is 5.99. The van der Waals surface area contributed by atoms with Gasteiger partial charge in [-0.3, -0.25) is 9.78 Å². The summed E-state index contributed by atoms with van der Waals surface area (Å²) in [7, 11) is 0. The van der Waals surface area contributed by atoms with Crippen LogP contribution in [0.25, 0.3) is 0 Å². The minimum absolute atomic E-state index is 0.207. The van der Waals surface area contributed by atoms with Crippen LogP contribution in [0.4, 0.5) is 11.4 Å². The Labute approximate surface area is 125 Å². The predicted molar refractivity (Wildman–Crippen MR) is 85.5 cm³/mol. The molecule has 1 amide bonds. The van der Waals surface area contributed by atoms with Gasteiger partial charge in [-0.2, -0.15) is 0 Å². The summed E-state index contributed by atoms with van der Waals surface area (Å²) in [4.78, 5) is 16.2. The van der Waals surface area contributed by atoms with E-state index in [-0.39, 0.29) is 5.91 Å². The second-order valence-electron chi connectivity index (χ2n) is 3.92. The zero-order valence-electron chi connectivity index (χ0n) is 10.5. The number of aromatic nitrogens is 1. The van der Waals surface area contributed by atoms with Gasteiger partial charge in [-0.05, 0) is 59.8 Å². The Bertz CT molecular complexity index is 586. The number of rotatable bonds is 4. The monoisotopic (exact) mass is 367 g/mol. The molecule has 2 rings (SSSR count). The van der Waals surface area contributed by atoms with E-state index in [0.29, 0.717) is 5.69 Å². The summed E-state index contributed by atoms with van der Waals surface area (Å²) in [6.07, 6.45) is 1.63. The fourth-order valence-corrected chi connectivity index (χ4v) is 2.17. The van der Waals surface area contributed by atoms with E-state index in [1.165, 1.54) is 0 Å². The van der Waals surface area contributed by atoms with Gasteiger partial charge in [0.2, 0.25) is 0 Å². The lowest BCUT2D eigenvalue weighted by molar-refractivity contribution is 0.102. The second kappa shape index (κ2) is 6.51. The molecule has 2 N–H and O–H groups in total. The summed E-state index contributed by atoms with van der Waals surface area (Å²) in [6, 6.07) is 11.2. The third-order valence-electron chi connectivity index (χ3n) is 2.46. The number of anilines is 2. The van der Waals surface area contributed by atoms with Crippen molar-refractivity contribution in [1.82, 2.24) is 4.98 Å². The van der Waals surface area contributed by atoms with Crippen molar-refractivity contribution in [1.29, 1.82) is 0 Å². The summed E-state index contributed by atoms with van der Waals surface area (Å²) >= 11 is 2.21. The molecule has 0 atom stereocenters. The Balaban J connectivity index is 2.13. The molecule has 0 aliphatic heterocycles. The Morgan fingerprint density at radius 3 is 2.84 bits per heavy atom. The highest BCUT2D eigenvalue weighted by Crippen LogP contribution is 2.14. The van der Waals surface area contributed by atoms with Gasteiger partial charge in [0.05, 0.1) is 0 Å². The number of carbonyl (C=O) groups excluding carboxylic acids is 1. The fourth-order valence-electron chi connectivity index (χ4n) is 1.63. The van der Waals surface area contributed by atoms with Crippen LogP contribution in [0.1, 0.15) is 17.4 Å². The number of nitrogens with zero attached hydrogens (tertiary/aromatic N) is 1. The molecule has 0 saturated carbocycles. The van der Waals surface area contributed by atoms with Crippen molar-refractivity contribution in [3.8, 4) is 0 Å². The van der Waals surface area contributed by atoms with E-state index in [1.54, 1.807) is 12.3 Å². The maximum Gasteiger partial charge on any atom is 0.274 e. The van der Waals surface area contributed by atoms with Crippen LogP contribution < -0.4 is 10.6 Å². The van der Waals surface area contributed by atoms with Gasteiger partial charge in [-0.25, -0.2) is 0 Å². The van der Waals surface area contributed by atoms with Crippen molar-refractivity contribution in [3.05, 3.63) is 51.9 Å². The van der Waals surface area contributed by atoms with Crippen molar-refractivity contribution in [2.45, 2.75) is 6.92 Å². The van der Waals surface area contributed by atoms with Crippen molar-refractivity contribution in [3.63, 3.8) is 0 Å². The first-order valence-corrected chi connectivity index (χ1v) is 7.04. The van der Waals surface area contributed by atoms with E-state index in [4.69, 9.17) is 0 Å². The Morgan fingerprint density at radius 2 is 2.11 bits per heavy atom. The van der Waals surface area contributed by atoms with Gasteiger partial charge < -0.3 is 10.6 Å². The zero-order chi connectivity index (χ0) is 13.7. The quantitative estimate of drug-likeness (QED) is 0.815. The van der Waals surface area contributed by atoms with Crippen molar-refractivity contribution in [2.24, 2.45) is 0 Å². The average molecular weight is 367 g/mol. The second-order valence-corrected chi connectivity index (χ2v) is 5.17. The van der Waals surface area contributed by atoms with E-state index in [0.717, 1.165) is 21.5 Å². The zero-order valence-corrected chi connectivity index (χ0v) is 12.6. The summed E-state index contributed by atoms with van der Waals surface area (Å²) in [6.45, 7) is 2.81. The normalized spacial score (nSPS) is 10.0. The van der Waals surface area contributed by atoms with Gasteiger partial charge >= 0.3 is 0 Å². The third kappa shape index (κ3) is 3.92. The molecular weight excluding hydrogens is 353 g/mol. The molecule has 2 aromatic rings. The molecular formula is C14H14IN3O. The van der Waals surface area contributed by atoms with Gasteiger partial charge in [0.1, 0.15) is 5.69 Å². The van der Waals surface area contributed by atoms with E-state index < -0.39 is 0 Å². The minimum atomic E-state index is -0.207. The van der Waals surface area contributed by atoms with Crippen molar-refractivity contribution >= 4 is 39.9 Å². The number of carbonyl (C=O) groups is 1. The first-order chi connectivity index (χ1) is 9.19. The SMILES string of the molecule is CCNc1ccnc(C(=O)Nc2cccc(I)c2)c1. The highest BCUT2D eigenvalue weighted by atomic mass is 127. The van der Waals surface area contributed by atoms with Crippen LogP contribution in [-0.4, -0.2) is 17.4 Å². The summed E-state index contributed by atoms with van der Waals surface area (Å²) in [5.74, 6) is -0.207. The molecule has 19 heavy (non-hydrogen) atoms. The van der Waals surface area contributed by atoms with Crippen LogP contribution in [0.5, 0.6) is 0 Å². The number of amides is 1. The van der Waals surface area contributed by atoms with Gasteiger partial charge in [0, 0.05) is 27.7 Å². The molecule has 1 aromatic heterocycles. The third-order valence-corrected chi connectivity index (χ3v) is 3.13. The van der Waals surface area contributed by atoms with Crippen molar-refractivity contribution < 1.29 is 4.79 Å². The lowest BCUT2D eigenvalue weighted by Crippen LogP contribution is -2.14. The number of benzene rings is 1. The molecule has 0 spiro atoms. The lowest BCUT2D eigenvalue weighted by Gasteiger charge is -2.07. The standard InChI is InChI=1S/C14H14IN3O/c1-2-16-11-6-7-17-13(9-11)14(19)18-12-5-3-4-10(15)8-12/h3-9H,2H2,1H3,(H,16,17)(H,18,19). The topological polar surface area (TPSA) is 54.0 Å². The largest absolute Gasteiger partial charge is 0.385 e. The summed E-state index contributed by atoms with van der Waals surface area (Å²) < 4.78 is 1.07. The van der Waals surface area contributed by atoms with E-state index in [9.17, 15) is 4.79 Å². The van der Waals surface area contributed by atoms with E-state index in [2.05, 4.69) is 38.2 Å². The molecule has 5 heteroatoms. The highest BCUT2D eigenvalue weighted by molar-refractivity contribution is 14.1. The number of pyridine rings is 1. The molecule has 0 radical (unpaired) electrons. The smallest absolute Gasteiger partial charge is 0.274 e. The molecule has 0 fully saturated rings. The lowest BCUT2D eigenvalue weighted by atomic mass is 10.2. The van der Waals surface area contributed by atoms with E-state index in [1.807, 2.05) is 37.3 Å². The molecule has 1 heterocycles. The Hall–Kier alpha value is -1.63. The first-order valence-electron chi connectivity index (χ1n) is 5.96. The molecule has 0 unspecified atom stereocenters.